The van der Waals surface area contributed by atoms with Gasteiger partial charge in [-0.3, -0.25) is 9.59 Å². The molecule has 7 nitrogen and oxygen atoms in total. The molecule has 0 unspecified atom stereocenters. The third kappa shape index (κ3) is 3.66. The van der Waals surface area contributed by atoms with Crippen LogP contribution in [0.4, 0.5) is 11.4 Å². The predicted octanol–water partition coefficient (Wildman–Crippen LogP) is 2.47. The van der Waals surface area contributed by atoms with Crippen LogP contribution in [0.3, 0.4) is 0 Å². The molecule has 0 aliphatic carbocycles. The highest BCUT2D eigenvalue weighted by molar-refractivity contribution is 6.07. The fourth-order valence-electron chi connectivity index (χ4n) is 2.42. The number of carbonyl (C=O) groups is 2. The van der Waals surface area contributed by atoms with Crippen LogP contribution in [0.25, 0.3) is 10.9 Å². The summed E-state index contributed by atoms with van der Waals surface area (Å²) in [6.45, 7) is 1.45. The Morgan fingerprint density at radius 2 is 1.84 bits per heavy atom. The summed E-state index contributed by atoms with van der Waals surface area (Å²) in [4.78, 5) is 26.2. The topological polar surface area (TPSA) is 112 Å². The molecule has 3 rings (SSSR count). The van der Waals surface area contributed by atoms with Crippen LogP contribution >= 0.6 is 0 Å². The van der Waals surface area contributed by atoms with Gasteiger partial charge in [0.1, 0.15) is 5.69 Å². The first-order valence-electron chi connectivity index (χ1n) is 7.62. The lowest BCUT2D eigenvalue weighted by Crippen LogP contribution is -2.19. The van der Waals surface area contributed by atoms with E-state index in [0.717, 1.165) is 16.5 Å². The second-order valence-corrected chi connectivity index (χ2v) is 5.46. The molecule has 0 aliphatic heterocycles. The fourth-order valence-corrected chi connectivity index (χ4v) is 2.42. The van der Waals surface area contributed by atoms with E-state index in [1.165, 1.54) is 13.1 Å². The van der Waals surface area contributed by atoms with Crippen LogP contribution in [0.2, 0.25) is 0 Å². The maximum absolute atomic E-state index is 12.2. The molecule has 0 aliphatic rings. The number of fused-ring (bicyclic) bond motifs is 1. The second-order valence-electron chi connectivity index (χ2n) is 5.46. The summed E-state index contributed by atoms with van der Waals surface area (Å²) in [5.41, 5.74) is 11.4. The van der Waals surface area contributed by atoms with Crippen LogP contribution in [-0.2, 0) is 4.79 Å². The maximum Gasteiger partial charge on any atom is 0.289 e. The summed E-state index contributed by atoms with van der Waals surface area (Å²) >= 11 is 0. The van der Waals surface area contributed by atoms with E-state index in [4.69, 9.17) is 5.73 Å². The monoisotopic (exact) mass is 335 g/mol. The van der Waals surface area contributed by atoms with Gasteiger partial charge in [-0.05, 0) is 23.8 Å². The van der Waals surface area contributed by atoms with Crippen molar-refractivity contribution in [2.45, 2.75) is 6.92 Å². The molecule has 1 heterocycles. The van der Waals surface area contributed by atoms with E-state index in [0.29, 0.717) is 11.4 Å². The van der Waals surface area contributed by atoms with Gasteiger partial charge in [-0.2, -0.15) is 5.10 Å². The molecule has 0 saturated heterocycles. The number of nitrogens with one attached hydrogen (secondary N) is 3. The average Bonchev–Trinajstić information content (AvgIpc) is 2.93. The number of nitrogens with zero attached hydrogens (tertiary/aromatic N) is 1. The zero-order chi connectivity index (χ0) is 17.8. The van der Waals surface area contributed by atoms with Gasteiger partial charge < -0.3 is 16.0 Å². The van der Waals surface area contributed by atoms with Crippen molar-refractivity contribution in [3.63, 3.8) is 0 Å². The number of hydrazone groups is 1. The smallest absolute Gasteiger partial charge is 0.289 e. The molecule has 126 valence electrons. The molecular formula is C18H17N5O2. The van der Waals surface area contributed by atoms with Crippen LogP contribution in [0.15, 0.2) is 53.6 Å². The Morgan fingerprint density at radius 3 is 2.52 bits per heavy atom. The van der Waals surface area contributed by atoms with Gasteiger partial charge in [0.25, 0.3) is 5.91 Å². The van der Waals surface area contributed by atoms with Gasteiger partial charge in [0.15, 0.2) is 0 Å². The summed E-state index contributed by atoms with van der Waals surface area (Å²) in [7, 11) is 0. The molecule has 0 fully saturated rings. The molecule has 0 saturated carbocycles. The van der Waals surface area contributed by atoms with E-state index in [9.17, 15) is 9.59 Å². The zero-order valence-corrected chi connectivity index (χ0v) is 13.5. The quantitative estimate of drug-likeness (QED) is 0.434. The first kappa shape index (κ1) is 16.3. The number of anilines is 2. The van der Waals surface area contributed by atoms with Crippen molar-refractivity contribution in [2.24, 2.45) is 5.10 Å². The van der Waals surface area contributed by atoms with E-state index < -0.39 is 5.91 Å². The number of aromatic amines is 1. The van der Waals surface area contributed by atoms with Crippen molar-refractivity contribution < 1.29 is 9.59 Å². The molecule has 5 N–H and O–H groups in total. The van der Waals surface area contributed by atoms with E-state index >= 15 is 0 Å². The Kier molecular flexibility index (Phi) is 4.47. The molecule has 0 spiro atoms. The molecule has 2 amide bonds. The molecule has 0 atom stereocenters. The molecule has 1 aromatic heterocycles. The third-order valence-corrected chi connectivity index (χ3v) is 3.58. The van der Waals surface area contributed by atoms with Crippen LogP contribution in [0.5, 0.6) is 0 Å². The molecule has 2 aromatic carbocycles. The number of benzene rings is 2. The summed E-state index contributed by atoms with van der Waals surface area (Å²) < 4.78 is 0. The first-order chi connectivity index (χ1) is 12.0. The fraction of sp³-hybridized carbons (Fsp3) is 0.0556. The Hall–Kier alpha value is -3.61. The standard InChI is InChI=1S/C18H17N5O2/c1-11(24)21-13-8-6-12(7-9-13)10-20-23-18(25)17-16(19)14-4-2-3-5-15(14)22-17/h2-10,22H,19H2,1H3,(H,21,24)(H,23,25)/b20-10+. The van der Waals surface area contributed by atoms with Gasteiger partial charge in [-0.15, -0.1) is 0 Å². The highest BCUT2D eigenvalue weighted by Gasteiger charge is 2.14. The first-order valence-corrected chi connectivity index (χ1v) is 7.62. The number of nitrogens with two attached hydrogens (primary N) is 1. The number of amides is 2. The van der Waals surface area contributed by atoms with Gasteiger partial charge in [0.2, 0.25) is 5.91 Å². The van der Waals surface area contributed by atoms with Gasteiger partial charge in [0, 0.05) is 23.5 Å². The molecule has 7 heteroatoms. The number of aromatic nitrogens is 1. The summed E-state index contributed by atoms with van der Waals surface area (Å²) in [5, 5.41) is 7.40. The number of hydrogen-bond donors (Lipinski definition) is 4. The molecule has 25 heavy (non-hydrogen) atoms. The van der Waals surface area contributed by atoms with Crippen molar-refractivity contribution in [3.8, 4) is 0 Å². The van der Waals surface area contributed by atoms with Crippen molar-refractivity contribution in [1.82, 2.24) is 10.4 Å². The number of nitrogen functional groups attached to an aromatic ring is 1. The lowest BCUT2D eigenvalue weighted by atomic mass is 10.2. The molecule has 0 bridgehead atoms. The second kappa shape index (κ2) is 6.88. The lowest BCUT2D eigenvalue weighted by molar-refractivity contribution is -0.114. The van der Waals surface area contributed by atoms with Crippen LogP contribution in [0.1, 0.15) is 23.0 Å². The Morgan fingerprint density at radius 1 is 1.12 bits per heavy atom. The zero-order valence-electron chi connectivity index (χ0n) is 13.5. The molecule has 3 aromatic rings. The normalized spacial score (nSPS) is 10.9. The van der Waals surface area contributed by atoms with Crippen molar-refractivity contribution in [1.29, 1.82) is 0 Å². The lowest BCUT2D eigenvalue weighted by Gasteiger charge is -2.02. The van der Waals surface area contributed by atoms with E-state index in [1.54, 1.807) is 24.3 Å². The Balaban J connectivity index is 1.67. The van der Waals surface area contributed by atoms with Gasteiger partial charge >= 0.3 is 0 Å². The van der Waals surface area contributed by atoms with Crippen molar-refractivity contribution in [2.75, 3.05) is 11.1 Å². The number of carbonyl (C=O) groups excluding carboxylic acids is 2. The number of H-pyrrole nitrogens is 1. The molecular weight excluding hydrogens is 318 g/mol. The number of rotatable bonds is 4. The van der Waals surface area contributed by atoms with E-state index in [-0.39, 0.29) is 11.6 Å². The minimum Gasteiger partial charge on any atom is -0.396 e. The SMILES string of the molecule is CC(=O)Nc1ccc(/C=N/NC(=O)c2[nH]c3ccccc3c2N)cc1. The van der Waals surface area contributed by atoms with Crippen LogP contribution in [-0.4, -0.2) is 23.0 Å². The van der Waals surface area contributed by atoms with Crippen LogP contribution in [0, 0.1) is 0 Å². The summed E-state index contributed by atoms with van der Waals surface area (Å²) in [6, 6.07) is 14.5. The summed E-state index contributed by atoms with van der Waals surface area (Å²) in [5.74, 6) is -0.551. The highest BCUT2D eigenvalue weighted by atomic mass is 16.2. The number of para-hydroxylation sites is 1. The number of hydrogen-bond acceptors (Lipinski definition) is 4. The maximum atomic E-state index is 12.2. The predicted molar refractivity (Wildman–Crippen MR) is 98.5 cm³/mol. The highest BCUT2D eigenvalue weighted by Crippen LogP contribution is 2.24. The van der Waals surface area contributed by atoms with Gasteiger partial charge in [-0.1, -0.05) is 30.3 Å². The van der Waals surface area contributed by atoms with Gasteiger partial charge in [-0.25, -0.2) is 5.43 Å². The van der Waals surface area contributed by atoms with Crippen LogP contribution < -0.4 is 16.5 Å². The third-order valence-electron chi connectivity index (χ3n) is 3.58. The summed E-state index contributed by atoms with van der Waals surface area (Å²) in [6.07, 6.45) is 1.51. The van der Waals surface area contributed by atoms with E-state index in [1.807, 2.05) is 24.3 Å². The average molecular weight is 335 g/mol. The van der Waals surface area contributed by atoms with E-state index in [2.05, 4.69) is 20.8 Å². The minimum absolute atomic E-state index is 0.135. The Labute approximate surface area is 143 Å². The largest absolute Gasteiger partial charge is 0.396 e. The van der Waals surface area contributed by atoms with Crippen molar-refractivity contribution >= 4 is 40.3 Å². The van der Waals surface area contributed by atoms with Gasteiger partial charge in [0.05, 0.1) is 11.9 Å². The minimum atomic E-state index is -0.417. The van der Waals surface area contributed by atoms with Crippen molar-refractivity contribution in [3.05, 3.63) is 59.8 Å². The molecule has 0 radical (unpaired) electrons. The Bertz CT molecular complexity index is 957.